The minimum Gasteiger partial charge on any atom is -0.373 e. The standard InChI is InChI=1S/C21H27N5OS/c1-2-26-15-17(13-23-26)20-16(4-11-27-20)14-24-7-9-25(10-8-24)21-18-5-12-28-19(18)3-6-22-21/h3,5-6,12-13,15-16,20H,2,4,7-11,14H2,1H3/t16-,20+/m0/s1. The van der Waals surface area contributed by atoms with Gasteiger partial charge < -0.3 is 9.64 Å². The number of anilines is 1. The first-order valence-corrected chi connectivity index (χ1v) is 11.1. The zero-order valence-electron chi connectivity index (χ0n) is 16.3. The van der Waals surface area contributed by atoms with E-state index in [9.17, 15) is 0 Å². The average molecular weight is 398 g/mol. The SMILES string of the molecule is CCn1cc([C@@H]2OCC[C@H]2CN2CCN(c3nccc4sccc34)CC2)cn1. The highest BCUT2D eigenvalue weighted by atomic mass is 32.1. The largest absolute Gasteiger partial charge is 0.373 e. The molecule has 5 rings (SSSR count). The maximum absolute atomic E-state index is 6.08. The smallest absolute Gasteiger partial charge is 0.137 e. The van der Waals surface area contributed by atoms with E-state index in [2.05, 4.69) is 50.5 Å². The third kappa shape index (κ3) is 3.43. The summed E-state index contributed by atoms with van der Waals surface area (Å²) in [5.74, 6) is 1.70. The molecule has 0 radical (unpaired) electrons. The van der Waals surface area contributed by atoms with Gasteiger partial charge in [-0.15, -0.1) is 11.3 Å². The van der Waals surface area contributed by atoms with Crippen molar-refractivity contribution in [2.24, 2.45) is 5.92 Å². The Morgan fingerprint density at radius 2 is 2.11 bits per heavy atom. The fourth-order valence-corrected chi connectivity index (χ4v) is 5.27. The zero-order chi connectivity index (χ0) is 18.9. The van der Waals surface area contributed by atoms with Gasteiger partial charge in [0.2, 0.25) is 0 Å². The van der Waals surface area contributed by atoms with E-state index < -0.39 is 0 Å². The van der Waals surface area contributed by atoms with E-state index >= 15 is 0 Å². The van der Waals surface area contributed by atoms with Gasteiger partial charge in [-0.3, -0.25) is 9.58 Å². The van der Waals surface area contributed by atoms with Crippen LogP contribution in [0.4, 0.5) is 5.82 Å². The number of rotatable bonds is 5. The van der Waals surface area contributed by atoms with Gasteiger partial charge in [-0.2, -0.15) is 5.10 Å². The molecule has 3 aromatic heterocycles. The molecule has 0 unspecified atom stereocenters. The molecule has 2 aliphatic rings. The highest BCUT2D eigenvalue weighted by Crippen LogP contribution is 2.35. The number of aryl methyl sites for hydroxylation is 1. The van der Waals surface area contributed by atoms with Crippen molar-refractivity contribution < 1.29 is 4.74 Å². The molecule has 28 heavy (non-hydrogen) atoms. The Kier molecular flexibility index (Phi) is 5.05. The lowest BCUT2D eigenvalue weighted by molar-refractivity contribution is 0.0771. The molecule has 0 aliphatic carbocycles. The molecule has 3 aromatic rings. The van der Waals surface area contributed by atoms with Crippen molar-refractivity contribution in [2.45, 2.75) is 26.0 Å². The summed E-state index contributed by atoms with van der Waals surface area (Å²) < 4.78 is 9.40. The zero-order valence-corrected chi connectivity index (χ0v) is 17.1. The lowest BCUT2D eigenvalue weighted by Gasteiger charge is -2.37. The van der Waals surface area contributed by atoms with Crippen molar-refractivity contribution in [3.05, 3.63) is 41.7 Å². The van der Waals surface area contributed by atoms with Crippen molar-refractivity contribution in [3.63, 3.8) is 0 Å². The molecule has 7 heteroatoms. The summed E-state index contributed by atoms with van der Waals surface area (Å²) in [4.78, 5) is 9.72. The van der Waals surface area contributed by atoms with Gasteiger partial charge in [-0.05, 0) is 30.9 Å². The molecule has 5 heterocycles. The summed E-state index contributed by atoms with van der Waals surface area (Å²) in [5, 5.41) is 7.88. The number of piperazine rings is 1. The molecular weight excluding hydrogens is 370 g/mol. The molecule has 0 amide bonds. The van der Waals surface area contributed by atoms with Gasteiger partial charge in [0.05, 0.1) is 12.3 Å². The van der Waals surface area contributed by atoms with Crippen molar-refractivity contribution in [3.8, 4) is 0 Å². The maximum Gasteiger partial charge on any atom is 0.137 e. The molecule has 0 N–H and O–H groups in total. The van der Waals surface area contributed by atoms with Gasteiger partial charge in [0.25, 0.3) is 0 Å². The van der Waals surface area contributed by atoms with Gasteiger partial charge in [-0.25, -0.2) is 4.98 Å². The fourth-order valence-electron chi connectivity index (χ4n) is 4.49. The summed E-state index contributed by atoms with van der Waals surface area (Å²) >= 11 is 1.79. The molecule has 6 nitrogen and oxygen atoms in total. The first-order valence-electron chi connectivity index (χ1n) is 10.3. The monoisotopic (exact) mass is 397 g/mol. The van der Waals surface area contributed by atoms with Gasteiger partial charge in [0.15, 0.2) is 0 Å². The van der Waals surface area contributed by atoms with Crippen LogP contribution < -0.4 is 4.90 Å². The minimum atomic E-state index is 0.194. The lowest BCUT2D eigenvalue weighted by Crippen LogP contribution is -2.48. The third-order valence-electron chi connectivity index (χ3n) is 6.04. The number of thiophene rings is 1. The number of aromatic nitrogens is 3. The van der Waals surface area contributed by atoms with Crippen LogP contribution in [0.1, 0.15) is 25.0 Å². The molecule has 0 saturated carbocycles. The van der Waals surface area contributed by atoms with Crippen LogP contribution in [0.5, 0.6) is 0 Å². The number of hydrogen-bond donors (Lipinski definition) is 0. The predicted molar refractivity (Wildman–Crippen MR) is 113 cm³/mol. The Morgan fingerprint density at radius 3 is 2.93 bits per heavy atom. The Balaban J connectivity index is 1.22. The Labute approximate surface area is 169 Å². The van der Waals surface area contributed by atoms with Crippen LogP contribution >= 0.6 is 11.3 Å². The first kappa shape index (κ1) is 18.1. The molecule has 148 valence electrons. The van der Waals surface area contributed by atoms with Crippen LogP contribution in [-0.4, -0.2) is 59.0 Å². The van der Waals surface area contributed by atoms with E-state index in [-0.39, 0.29) is 6.10 Å². The average Bonchev–Trinajstić information content (AvgIpc) is 3.48. The van der Waals surface area contributed by atoms with Crippen molar-refractivity contribution in [1.29, 1.82) is 0 Å². The number of fused-ring (bicyclic) bond motifs is 1. The molecule has 2 saturated heterocycles. The second kappa shape index (κ2) is 7.81. The number of nitrogens with zero attached hydrogens (tertiary/aromatic N) is 5. The van der Waals surface area contributed by atoms with E-state index in [1.807, 2.05) is 17.1 Å². The predicted octanol–water partition coefficient (Wildman–Crippen LogP) is 3.41. The van der Waals surface area contributed by atoms with E-state index in [0.29, 0.717) is 5.92 Å². The Morgan fingerprint density at radius 1 is 1.21 bits per heavy atom. The highest BCUT2D eigenvalue weighted by Gasteiger charge is 2.33. The summed E-state index contributed by atoms with van der Waals surface area (Å²) in [5.41, 5.74) is 1.23. The van der Waals surface area contributed by atoms with Crippen LogP contribution in [0.3, 0.4) is 0 Å². The van der Waals surface area contributed by atoms with Crippen LogP contribution in [0.15, 0.2) is 36.1 Å². The molecule has 2 aliphatic heterocycles. The van der Waals surface area contributed by atoms with Crippen LogP contribution in [0.25, 0.3) is 10.1 Å². The third-order valence-corrected chi connectivity index (χ3v) is 6.93. The molecule has 0 bridgehead atoms. The lowest BCUT2D eigenvalue weighted by atomic mass is 9.96. The van der Waals surface area contributed by atoms with Crippen LogP contribution in [-0.2, 0) is 11.3 Å². The van der Waals surface area contributed by atoms with E-state index in [0.717, 1.165) is 58.1 Å². The van der Waals surface area contributed by atoms with E-state index in [4.69, 9.17) is 4.74 Å². The van der Waals surface area contributed by atoms with E-state index in [1.54, 1.807) is 11.3 Å². The Hall–Kier alpha value is -1.96. The van der Waals surface area contributed by atoms with Gasteiger partial charge >= 0.3 is 0 Å². The summed E-state index contributed by atoms with van der Waals surface area (Å²) in [7, 11) is 0. The van der Waals surface area contributed by atoms with Crippen molar-refractivity contribution >= 4 is 27.2 Å². The topological polar surface area (TPSA) is 46.4 Å². The fraction of sp³-hybridized carbons (Fsp3) is 0.524. The minimum absolute atomic E-state index is 0.194. The van der Waals surface area contributed by atoms with Crippen molar-refractivity contribution in [2.75, 3.05) is 44.2 Å². The van der Waals surface area contributed by atoms with Gasteiger partial charge in [0.1, 0.15) is 5.82 Å². The van der Waals surface area contributed by atoms with Crippen molar-refractivity contribution in [1.82, 2.24) is 19.7 Å². The number of hydrogen-bond acceptors (Lipinski definition) is 6. The molecular formula is C21H27N5OS. The molecule has 0 spiro atoms. The van der Waals surface area contributed by atoms with E-state index in [1.165, 1.54) is 15.6 Å². The molecule has 2 fully saturated rings. The van der Waals surface area contributed by atoms with Gasteiger partial charge in [-0.1, -0.05) is 0 Å². The highest BCUT2D eigenvalue weighted by molar-refractivity contribution is 7.17. The quantitative estimate of drug-likeness (QED) is 0.660. The summed E-state index contributed by atoms with van der Waals surface area (Å²) in [6.45, 7) is 9.22. The number of ether oxygens (including phenoxy) is 1. The summed E-state index contributed by atoms with van der Waals surface area (Å²) in [6, 6.07) is 4.31. The summed E-state index contributed by atoms with van der Waals surface area (Å²) in [6.07, 6.45) is 7.40. The van der Waals surface area contributed by atoms with Crippen LogP contribution in [0.2, 0.25) is 0 Å². The number of pyridine rings is 1. The second-order valence-corrected chi connectivity index (χ2v) is 8.67. The second-order valence-electron chi connectivity index (χ2n) is 7.72. The first-order chi connectivity index (χ1) is 13.8. The van der Waals surface area contributed by atoms with Crippen LogP contribution in [0, 0.1) is 5.92 Å². The maximum atomic E-state index is 6.08. The molecule has 0 aromatic carbocycles. The van der Waals surface area contributed by atoms with Gasteiger partial charge in [0, 0.05) is 79.8 Å². The normalized spacial score (nSPS) is 23.7. The Bertz CT molecular complexity index is 930. The molecule has 2 atom stereocenters.